The molecule has 2 atom stereocenters. The van der Waals surface area contributed by atoms with Crippen LogP contribution in [-0.2, 0) is 27.7 Å². The van der Waals surface area contributed by atoms with Crippen LogP contribution in [-0.4, -0.2) is 51.9 Å². The summed E-state index contributed by atoms with van der Waals surface area (Å²) in [6, 6.07) is 21.8. The number of aryl methyl sites for hydroxylation is 1. The van der Waals surface area contributed by atoms with Gasteiger partial charge >= 0.3 is 0 Å². The van der Waals surface area contributed by atoms with Crippen LogP contribution in [0.2, 0.25) is 10.0 Å². The lowest BCUT2D eigenvalue weighted by molar-refractivity contribution is -0.122. The molecule has 0 radical (unpaired) electrons. The molecule has 224 valence electrons. The van der Waals surface area contributed by atoms with Gasteiger partial charge in [-0.1, -0.05) is 71.7 Å². The molecular formula is C33H39Cl2N3O3S. The molecule has 1 aliphatic carbocycles. The van der Waals surface area contributed by atoms with E-state index >= 15 is 0 Å². The second-order valence-electron chi connectivity index (χ2n) is 11.8. The molecule has 0 spiro atoms. The Kier molecular flexibility index (Phi) is 9.83. The Hall–Kier alpha value is -2.58. The van der Waals surface area contributed by atoms with E-state index in [0.29, 0.717) is 36.5 Å². The maximum Gasteiger partial charge on any atom is 0.265 e. The highest BCUT2D eigenvalue weighted by atomic mass is 35.5. The average Bonchev–Trinajstić information content (AvgIpc) is 3.39. The molecule has 0 saturated heterocycles. The van der Waals surface area contributed by atoms with Gasteiger partial charge in [0.05, 0.1) is 20.6 Å². The molecule has 1 N–H and O–H groups in total. The molecule has 3 aromatic carbocycles. The van der Waals surface area contributed by atoms with Gasteiger partial charge < -0.3 is 10.2 Å². The van der Waals surface area contributed by atoms with Crippen molar-refractivity contribution in [2.45, 2.75) is 61.9 Å². The van der Waals surface area contributed by atoms with E-state index in [1.807, 2.05) is 12.1 Å². The molecule has 1 saturated carbocycles. The van der Waals surface area contributed by atoms with Crippen LogP contribution in [0.15, 0.2) is 77.7 Å². The number of rotatable bonds is 10. The second-order valence-corrected chi connectivity index (χ2v) is 14.4. The Bertz CT molecular complexity index is 1490. The van der Waals surface area contributed by atoms with Gasteiger partial charge in [-0.05, 0) is 99.8 Å². The molecule has 6 nitrogen and oxygen atoms in total. The quantitative estimate of drug-likeness (QED) is 0.275. The topological polar surface area (TPSA) is 69.7 Å². The van der Waals surface area contributed by atoms with Crippen LogP contribution in [0.1, 0.15) is 43.2 Å². The van der Waals surface area contributed by atoms with E-state index in [2.05, 4.69) is 54.6 Å². The van der Waals surface area contributed by atoms with Gasteiger partial charge in [-0.25, -0.2) is 8.42 Å². The van der Waals surface area contributed by atoms with E-state index < -0.39 is 16.1 Å². The molecule has 0 aromatic heterocycles. The summed E-state index contributed by atoms with van der Waals surface area (Å²) in [6.45, 7) is 0.551. The maximum absolute atomic E-state index is 13.8. The number of hydrogen-bond donors (Lipinski definition) is 1. The number of halogens is 2. The molecule has 1 fully saturated rings. The van der Waals surface area contributed by atoms with Crippen LogP contribution in [0.3, 0.4) is 0 Å². The lowest BCUT2D eigenvalue weighted by Crippen LogP contribution is -2.49. The highest BCUT2D eigenvalue weighted by Crippen LogP contribution is 2.38. The third-order valence-electron chi connectivity index (χ3n) is 8.91. The zero-order valence-corrected chi connectivity index (χ0v) is 26.5. The number of nitrogens with zero attached hydrogens (tertiary/aromatic N) is 2. The molecule has 5 rings (SSSR count). The third-order valence-corrected chi connectivity index (χ3v) is 11.5. The standard InChI is InChI=1S/C33H39Cl2N3O3S/c1-37(2)30(19-14-23-8-4-3-5-9-23)25-15-12-24(13-16-25)22-36-33(39)32-20-26-10-6-7-11-31(26)38(32)42(40,41)27-17-18-28(34)29(35)21-27/h3-11,17-18,21,24-25,30,32H,12-16,19-20,22H2,1-2H3,(H,36,39). The highest BCUT2D eigenvalue weighted by molar-refractivity contribution is 7.93. The smallest absolute Gasteiger partial charge is 0.265 e. The van der Waals surface area contributed by atoms with Crippen LogP contribution < -0.4 is 9.62 Å². The van der Waals surface area contributed by atoms with E-state index in [-0.39, 0.29) is 20.8 Å². The Labute approximate surface area is 260 Å². The summed E-state index contributed by atoms with van der Waals surface area (Å²) >= 11 is 12.2. The summed E-state index contributed by atoms with van der Waals surface area (Å²) in [5.74, 6) is 0.740. The Morgan fingerprint density at radius 3 is 2.33 bits per heavy atom. The van der Waals surface area contributed by atoms with Crippen molar-refractivity contribution in [1.82, 2.24) is 10.2 Å². The van der Waals surface area contributed by atoms with Gasteiger partial charge in [-0.3, -0.25) is 9.10 Å². The van der Waals surface area contributed by atoms with E-state index in [0.717, 1.165) is 44.1 Å². The summed E-state index contributed by atoms with van der Waals surface area (Å²) in [5.41, 5.74) is 2.73. The average molecular weight is 629 g/mol. The fourth-order valence-corrected chi connectivity index (χ4v) is 8.66. The second kappa shape index (κ2) is 13.4. The minimum Gasteiger partial charge on any atom is -0.354 e. The number of nitrogens with one attached hydrogen (secondary N) is 1. The Morgan fingerprint density at radius 2 is 1.64 bits per heavy atom. The minimum absolute atomic E-state index is 0.00689. The summed E-state index contributed by atoms with van der Waals surface area (Å²) in [6.07, 6.45) is 6.89. The number of carbonyl (C=O) groups is 1. The number of anilines is 1. The summed E-state index contributed by atoms with van der Waals surface area (Å²) in [7, 11) is 0.305. The number of amides is 1. The number of sulfonamides is 1. The monoisotopic (exact) mass is 627 g/mol. The van der Waals surface area contributed by atoms with Crippen LogP contribution >= 0.6 is 23.2 Å². The van der Waals surface area contributed by atoms with E-state index in [1.165, 1.54) is 28.1 Å². The predicted molar refractivity (Wildman–Crippen MR) is 171 cm³/mol. The van der Waals surface area contributed by atoms with Crippen LogP contribution in [0.25, 0.3) is 0 Å². The Balaban J connectivity index is 1.21. The first-order chi connectivity index (χ1) is 20.1. The van der Waals surface area contributed by atoms with Crippen LogP contribution in [0.5, 0.6) is 0 Å². The number of benzene rings is 3. The van der Waals surface area contributed by atoms with E-state index in [1.54, 1.807) is 12.1 Å². The van der Waals surface area contributed by atoms with Crippen molar-refractivity contribution >= 4 is 44.8 Å². The summed E-state index contributed by atoms with van der Waals surface area (Å²) in [5, 5.41) is 3.54. The molecule has 2 aliphatic rings. The lowest BCUT2D eigenvalue weighted by Gasteiger charge is -2.37. The van der Waals surface area contributed by atoms with Crippen molar-refractivity contribution in [1.29, 1.82) is 0 Å². The van der Waals surface area contributed by atoms with Crippen molar-refractivity contribution in [2.75, 3.05) is 24.9 Å². The fourth-order valence-electron chi connectivity index (χ4n) is 6.62. The lowest BCUT2D eigenvalue weighted by atomic mass is 9.76. The van der Waals surface area contributed by atoms with Crippen LogP contribution in [0.4, 0.5) is 5.69 Å². The number of carbonyl (C=O) groups excluding carboxylic acids is 1. The first-order valence-electron chi connectivity index (χ1n) is 14.7. The molecule has 42 heavy (non-hydrogen) atoms. The summed E-state index contributed by atoms with van der Waals surface area (Å²) < 4.78 is 28.9. The Morgan fingerprint density at radius 1 is 0.952 bits per heavy atom. The molecule has 1 amide bonds. The first kappa shape index (κ1) is 30.9. The first-order valence-corrected chi connectivity index (χ1v) is 16.9. The zero-order valence-electron chi connectivity index (χ0n) is 24.2. The van der Waals surface area contributed by atoms with Crippen molar-refractivity contribution in [2.24, 2.45) is 11.8 Å². The SMILES string of the molecule is CN(C)C(CCc1ccccc1)C1CCC(CNC(=O)C2Cc3ccccc3N2S(=O)(=O)c2ccc(Cl)c(Cl)c2)CC1. The van der Waals surface area contributed by atoms with Gasteiger partial charge in [0.1, 0.15) is 6.04 Å². The van der Waals surface area contributed by atoms with Crippen molar-refractivity contribution in [3.63, 3.8) is 0 Å². The van der Waals surface area contributed by atoms with E-state index in [4.69, 9.17) is 23.2 Å². The normalized spacial score (nSPS) is 21.3. The summed E-state index contributed by atoms with van der Waals surface area (Å²) in [4.78, 5) is 16.0. The molecule has 1 heterocycles. The molecule has 1 aliphatic heterocycles. The molecule has 3 aromatic rings. The number of para-hydroxylation sites is 1. The minimum atomic E-state index is -4.05. The zero-order chi connectivity index (χ0) is 29.9. The molecule has 9 heteroatoms. The van der Waals surface area contributed by atoms with Crippen molar-refractivity contribution < 1.29 is 13.2 Å². The highest BCUT2D eigenvalue weighted by Gasteiger charge is 2.42. The van der Waals surface area contributed by atoms with Gasteiger partial charge in [0.25, 0.3) is 10.0 Å². The van der Waals surface area contributed by atoms with Gasteiger partial charge in [0, 0.05) is 19.0 Å². The molecule has 2 unspecified atom stereocenters. The van der Waals surface area contributed by atoms with Gasteiger partial charge in [0.2, 0.25) is 5.91 Å². The van der Waals surface area contributed by atoms with Gasteiger partial charge in [-0.15, -0.1) is 0 Å². The van der Waals surface area contributed by atoms with Crippen molar-refractivity contribution in [3.05, 3.63) is 94.0 Å². The van der Waals surface area contributed by atoms with Crippen molar-refractivity contribution in [3.8, 4) is 0 Å². The molecule has 0 bridgehead atoms. The third kappa shape index (κ3) is 6.80. The van der Waals surface area contributed by atoms with Crippen LogP contribution in [0, 0.1) is 11.8 Å². The number of fused-ring (bicyclic) bond motifs is 1. The maximum atomic E-state index is 13.8. The fraction of sp³-hybridized carbons (Fsp3) is 0.424. The van der Waals surface area contributed by atoms with Gasteiger partial charge in [0.15, 0.2) is 0 Å². The largest absolute Gasteiger partial charge is 0.354 e. The predicted octanol–water partition coefficient (Wildman–Crippen LogP) is 6.60. The van der Waals surface area contributed by atoms with Gasteiger partial charge in [-0.2, -0.15) is 0 Å². The van der Waals surface area contributed by atoms with E-state index in [9.17, 15) is 13.2 Å². The molecular weight excluding hydrogens is 589 g/mol. The number of hydrogen-bond acceptors (Lipinski definition) is 4.